The van der Waals surface area contributed by atoms with Crippen molar-refractivity contribution >= 4 is 28.4 Å². The minimum absolute atomic E-state index is 0.0679. The summed E-state index contributed by atoms with van der Waals surface area (Å²) >= 11 is 6.30. The van der Waals surface area contributed by atoms with Gasteiger partial charge in [0.2, 0.25) is 0 Å². The third-order valence-corrected chi connectivity index (χ3v) is 8.07. The van der Waals surface area contributed by atoms with E-state index in [0.717, 1.165) is 16.5 Å². The quantitative estimate of drug-likeness (QED) is 0.340. The van der Waals surface area contributed by atoms with E-state index in [-0.39, 0.29) is 11.5 Å². The smallest absolute Gasteiger partial charge is 0.254 e. The van der Waals surface area contributed by atoms with Gasteiger partial charge in [-0.05, 0) is 58.7 Å². The molecule has 3 heterocycles. The molecule has 6 rings (SSSR count). The summed E-state index contributed by atoms with van der Waals surface area (Å²) < 4.78 is 8.74. The van der Waals surface area contributed by atoms with Crippen LogP contribution in [0.25, 0.3) is 22.0 Å². The normalized spacial score (nSPS) is 15.2. The molecular weight excluding hydrogens is 540 g/mol. The third-order valence-electron chi connectivity index (χ3n) is 7.84. The summed E-state index contributed by atoms with van der Waals surface area (Å²) in [5.74, 6) is -0.0679. The highest BCUT2D eigenvalue weighted by molar-refractivity contribution is 6.30. The molecule has 9 heteroatoms. The first-order valence-electron chi connectivity index (χ1n) is 13.3. The van der Waals surface area contributed by atoms with Crippen molar-refractivity contribution in [3.63, 3.8) is 0 Å². The van der Waals surface area contributed by atoms with Crippen LogP contribution >= 0.6 is 11.6 Å². The third kappa shape index (κ3) is 4.74. The molecule has 5 aromatic rings. The molecule has 1 aliphatic heterocycles. The zero-order valence-electron chi connectivity index (χ0n) is 22.8. The Hall–Kier alpha value is -4.24. The van der Waals surface area contributed by atoms with Gasteiger partial charge >= 0.3 is 0 Å². The Kier molecular flexibility index (Phi) is 6.99. The van der Waals surface area contributed by atoms with Crippen molar-refractivity contribution in [1.29, 1.82) is 0 Å². The molecule has 0 spiro atoms. The number of imidazole rings is 1. The van der Waals surface area contributed by atoms with Gasteiger partial charge in [-0.25, -0.2) is 4.98 Å². The largest absolute Gasteiger partial charge is 0.378 e. The number of hydrogen-bond donors (Lipinski definition) is 1. The first kappa shape index (κ1) is 27.0. The summed E-state index contributed by atoms with van der Waals surface area (Å²) in [7, 11) is 3.55. The number of carbonyl (C=O) groups excluding carboxylic acids is 1. The first-order chi connectivity index (χ1) is 19.8. The minimum Gasteiger partial charge on any atom is -0.378 e. The van der Waals surface area contributed by atoms with Crippen molar-refractivity contribution in [2.24, 2.45) is 14.1 Å². The number of fused-ring (bicyclic) bond motifs is 1. The number of aryl methyl sites for hydroxylation is 2. The van der Waals surface area contributed by atoms with Crippen molar-refractivity contribution in [1.82, 2.24) is 19.0 Å². The summed E-state index contributed by atoms with van der Waals surface area (Å²) in [6, 6.07) is 21.6. The number of amides is 1. The molecule has 1 fully saturated rings. The molecule has 0 bridgehead atoms. The molecule has 0 aliphatic carbocycles. The second kappa shape index (κ2) is 10.6. The van der Waals surface area contributed by atoms with Crippen LogP contribution in [0, 0.1) is 0 Å². The van der Waals surface area contributed by atoms with Crippen LogP contribution in [-0.2, 0) is 24.4 Å². The fourth-order valence-electron chi connectivity index (χ4n) is 5.55. The van der Waals surface area contributed by atoms with E-state index in [1.165, 1.54) is 0 Å². The highest BCUT2D eigenvalue weighted by atomic mass is 35.5. The van der Waals surface area contributed by atoms with Gasteiger partial charge in [-0.2, -0.15) is 0 Å². The maximum atomic E-state index is 13.1. The summed E-state index contributed by atoms with van der Waals surface area (Å²) in [6.07, 6.45) is 3.27. The molecule has 1 N–H and O–H groups in total. The van der Waals surface area contributed by atoms with Crippen molar-refractivity contribution in [3.05, 3.63) is 123 Å². The van der Waals surface area contributed by atoms with Crippen LogP contribution in [0.2, 0.25) is 5.02 Å². The van der Waals surface area contributed by atoms with E-state index < -0.39 is 5.60 Å². The second-order valence-corrected chi connectivity index (χ2v) is 10.7. The van der Waals surface area contributed by atoms with Crippen molar-refractivity contribution < 1.29 is 14.6 Å². The molecule has 3 aromatic carbocycles. The highest BCUT2D eigenvalue weighted by Crippen LogP contribution is 2.39. The van der Waals surface area contributed by atoms with Crippen molar-refractivity contribution in [2.75, 3.05) is 26.3 Å². The number of rotatable bonds is 5. The van der Waals surface area contributed by atoms with Gasteiger partial charge in [0, 0.05) is 49.2 Å². The number of benzene rings is 3. The Labute approximate surface area is 242 Å². The van der Waals surface area contributed by atoms with Gasteiger partial charge < -0.3 is 23.9 Å². The predicted molar refractivity (Wildman–Crippen MR) is 158 cm³/mol. The Balaban J connectivity index is 1.52. The highest BCUT2D eigenvalue weighted by Gasteiger charge is 2.37. The average Bonchev–Trinajstić information content (AvgIpc) is 3.44. The van der Waals surface area contributed by atoms with E-state index in [2.05, 4.69) is 4.98 Å². The van der Waals surface area contributed by atoms with E-state index in [1.54, 1.807) is 70.0 Å². The van der Waals surface area contributed by atoms with Crippen LogP contribution in [0.3, 0.4) is 0 Å². The van der Waals surface area contributed by atoms with E-state index in [4.69, 9.17) is 16.3 Å². The molecule has 1 atom stereocenters. The molecule has 1 unspecified atom stereocenters. The number of hydrogen-bond acceptors (Lipinski definition) is 5. The van der Waals surface area contributed by atoms with Gasteiger partial charge in [0.05, 0.1) is 36.9 Å². The molecule has 1 amide bonds. The van der Waals surface area contributed by atoms with Gasteiger partial charge in [0.1, 0.15) is 0 Å². The molecule has 8 nitrogen and oxygen atoms in total. The fraction of sp³-hybridized carbons (Fsp3) is 0.219. The molecule has 208 valence electrons. The van der Waals surface area contributed by atoms with Gasteiger partial charge in [0.15, 0.2) is 5.60 Å². The van der Waals surface area contributed by atoms with Crippen LogP contribution in [0.1, 0.15) is 27.2 Å². The zero-order chi connectivity index (χ0) is 28.7. The van der Waals surface area contributed by atoms with E-state index in [1.807, 2.05) is 43.4 Å². The van der Waals surface area contributed by atoms with Crippen LogP contribution in [0.4, 0.5) is 0 Å². The van der Waals surface area contributed by atoms with Crippen molar-refractivity contribution in [2.45, 2.75) is 5.60 Å². The fourth-order valence-corrected chi connectivity index (χ4v) is 5.74. The van der Waals surface area contributed by atoms with Crippen molar-refractivity contribution in [3.8, 4) is 11.1 Å². The topological polar surface area (TPSA) is 89.6 Å². The lowest BCUT2D eigenvalue weighted by Gasteiger charge is -2.31. The Morgan fingerprint density at radius 1 is 0.976 bits per heavy atom. The van der Waals surface area contributed by atoms with Gasteiger partial charge in [-0.15, -0.1) is 0 Å². The average molecular weight is 569 g/mol. The van der Waals surface area contributed by atoms with Gasteiger partial charge in [-0.1, -0.05) is 41.9 Å². The molecule has 0 radical (unpaired) electrons. The van der Waals surface area contributed by atoms with Crippen LogP contribution in [0.5, 0.6) is 0 Å². The van der Waals surface area contributed by atoms with E-state index >= 15 is 0 Å². The first-order valence-corrected chi connectivity index (χ1v) is 13.7. The molecule has 2 aromatic heterocycles. The Morgan fingerprint density at radius 2 is 1.71 bits per heavy atom. The number of ether oxygens (including phenoxy) is 1. The van der Waals surface area contributed by atoms with Crippen LogP contribution in [0.15, 0.2) is 90.1 Å². The summed E-state index contributed by atoms with van der Waals surface area (Å²) in [5.41, 5.74) is 2.73. The second-order valence-electron chi connectivity index (χ2n) is 10.3. The summed E-state index contributed by atoms with van der Waals surface area (Å²) in [5, 5.41) is 13.9. The molecular formula is C32H29ClN4O4. The molecule has 41 heavy (non-hydrogen) atoms. The van der Waals surface area contributed by atoms with Gasteiger partial charge in [0.25, 0.3) is 11.5 Å². The lowest BCUT2D eigenvalue weighted by molar-refractivity contribution is 0.0302. The molecule has 0 saturated carbocycles. The van der Waals surface area contributed by atoms with E-state index in [9.17, 15) is 14.7 Å². The maximum Gasteiger partial charge on any atom is 0.254 e. The number of nitrogens with zero attached hydrogens (tertiary/aromatic N) is 4. The number of aromatic nitrogens is 3. The number of carbonyl (C=O) groups is 1. The number of pyridine rings is 1. The zero-order valence-corrected chi connectivity index (χ0v) is 23.5. The maximum absolute atomic E-state index is 13.1. The number of morpholine rings is 1. The Bertz CT molecular complexity index is 1820. The Morgan fingerprint density at radius 3 is 2.39 bits per heavy atom. The number of aliphatic hydroxyl groups is 1. The molecule has 1 saturated heterocycles. The SMILES string of the molecule is Cn1cncc1C(O)(c1ccc(C(=O)N2CCOCC2)cc1)c1ccc2c(c1)c(-c1cccc(Cl)c1)cc(=O)n2C. The lowest BCUT2D eigenvalue weighted by atomic mass is 9.82. The monoisotopic (exact) mass is 568 g/mol. The minimum atomic E-state index is -1.61. The lowest BCUT2D eigenvalue weighted by Crippen LogP contribution is -2.40. The van der Waals surface area contributed by atoms with Gasteiger partial charge in [-0.3, -0.25) is 9.59 Å². The molecule has 1 aliphatic rings. The van der Waals surface area contributed by atoms with E-state index in [0.29, 0.717) is 59.3 Å². The standard InChI is InChI=1S/C32H29ClN4O4/c1-35-20-34-19-29(35)32(40,23-8-6-21(7-9-23)31(39)37-12-14-41-15-13-37)24-10-11-28-27(17-24)26(18-30(38)36(28)2)22-4-3-5-25(33)16-22/h3-11,16-20,40H,12-15H2,1-2H3. The van der Waals surface area contributed by atoms with Crippen LogP contribution < -0.4 is 5.56 Å². The summed E-state index contributed by atoms with van der Waals surface area (Å²) in [4.78, 5) is 32.0. The summed E-state index contributed by atoms with van der Waals surface area (Å²) in [6.45, 7) is 2.14. The number of halogens is 1. The van der Waals surface area contributed by atoms with Crippen LogP contribution in [-0.4, -0.2) is 56.3 Å². The predicted octanol–water partition coefficient (Wildman–Crippen LogP) is 4.35.